The summed E-state index contributed by atoms with van der Waals surface area (Å²) in [5.41, 5.74) is 6.84. The summed E-state index contributed by atoms with van der Waals surface area (Å²) in [5.74, 6) is -6.75. The van der Waals surface area contributed by atoms with Crippen LogP contribution in [0.4, 0.5) is 0 Å². The van der Waals surface area contributed by atoms with Crippen LogP contribution in [0, 0.1) is 5.92 Å². The number of carbonyl (C=O) groups excluding carboxylic acids is 7. The number of nitrogens with zero attached hydrogens (tertiary/aromatic N) is 3. The number of hydrogen-bond donors (Lipinski definition) is 11. The highest BCUT2D eigenvalue weighted by molar-refractivity contribution is 6.00. The second-order valence-corrected chi connectivity index (χ2v) is 21.1. The van der Waals surface area contributed by atoms with E-state index in [-0.39, 0.29) is 43.7 Å². The molecule has 22 nitrogen and oxygen atoms in total. The molecule has 80 heavy (non-hydrogen) atoms. The van der Waals surface area contributed by atoms with Crippen LogP contribution in [0.1, 0.15) is 75.7 Å². The molecule has 0 bridgehead atoms. The van der Waals surface area contributed by atoms with Crippen molar-refractivity contribution in [2.75, 3.05) is 33.3 Å². The summed E-state index contributed by atoms with van der Waals surface area (Å²) in [7, 11) is 1.43. The van der Waals surface area contributed by atoms with Crippen LogP contribution >= 0.6 is 0 Å². The lowest BCUT2D eigenvalue weighted by molar-refractivity contribution is -0.147. The lowest BCUT2D eigenvalue weighted by Crippen LogP contribution is -2.64. The Morgan fingerprint density at radius 3 is 1.80 bits per heavy atom. The van der Waals surface area contributed by atoms with Crippen LogP contribution in [0.2, 0.25) is 0 Å². The Morgan fingerprint density at radius 2 is 1.23 bits per heavy atom. The molecule has 0 radical (unpaired) electrons. The van der Waals surface area contributed by atoms with Crippen molar-refractivity contribution >= 4 is 41.4 Å². The lowest BCUT2D eigenvalue weighted by atomic mass is 9.99. The SMILES string of the molecule is CCCCCOc1ccc(-c2ccc(-c3ccc(C(=O)N[C@H]4CCN(C)NC(=O)[C@@H]5[C@@H](O)[C@@H](C)CN5C(=O)[C@H]([C@@H](C)O)NC(=O)[C@H]([C@H](O)Cc5ccc(O)cc5)NC(=O)[C@@H]5C[C@@H](O)CN5C(=O)[C@H]([C@@H](C)O)NC4=O)cc3)cc2)cc1. The Labute approximate surface area is 464 Å². The zero-order valence-corrected chi connectivity index (χ0v) is 45.5. The van der Waals surface area contributed by atoms with E-state index in [1.807, 2.05) is 48.5 Å². The molecule has 3 fully saturated rings. The van der Waals surface area contributed by atoms with E-state index in [4.69, 9.17) is 4.74 Å². The number of carbonyl (C=O) groups is 7. The topological polar surface area (TPSA) is 320 Å². The van der Waals surface area contributed by atoms with Crippen LogP contribution in [0.15, 0.2) is 97.1 Å². The number of aliphatic hydroxyl groups is 5. The van der Waals surface area contributed by atoms with Crippen molar-refractivity contribution in [3.05, 3.63) is 108 Å². The number of hydrazine groups is 1. The third-order valence-corrected chi connectivity index (χ3v) is 14.8. The minimum Gasteiger partial charge on any atom is -0.508 e. The number of unbranched alkanes of at least 4 members (excludes halogenated alkanes) is 2. The van der Waals surface area contributed by atoms with E-state index in [0.717, 1.165) is 57.1 Å². The van der Waals surface area contributed by atoms with Gasteiger partial charge in [-0.3, -0.25) is 39.0 Å². The summed E-state index contributed by atoms with van der Waals surface area (Å²) in [6, 6.07) is 17.9. The fourth-order valence-corrected chi connectivity index (χ4v) is 10.2. The largest absolute Gasteiger partial charge is 0.508 e. The van der Waals surface area contributed by atoms with Crippen LogP contribution in [-0.4, -0.2) is 187 Å². The summed E-state index contributed by atoms with van der Waals surface area (Å²) in [4.78, 5) is 102. The van der Waals surface area contributed by atoms with Crippen molar-refractivity contribution in [3.8, 4) is 33.8 Å². The number of phenolic OH excluding ortho intramolecular Hbond substituents is 1. The highest BCUT2D eigenvalue weighted by atomic mass is 16.5. The van der Waals surface area contributed by atoms with Crippen molar-refractivity contribution in [3.63, 3.8) is 0 Å². The predicted molar refractivity (Wildman–Crippen MR) is 293 cm³/mol. The van der Waals surface area contributed by atoms with Crippen LogP contribution in [-0.2, 0) is 35.2 Å². The zero-order chi connectivity index (χ0) is 57.9. The van der Waals surface area contributed by atoms with E-state index in [1.165, 1.54) is 50.2 Å². The smallest absolute Gasteiger partial charge is 0.259 e. The first-order valence-electron chi connectivity index (χ1n) is 27.1. The van der Waals surface area contributed by atoms with Gasteiger partial charge in [-0.2, -0.15) is 0 Å². The fourth-order valence-electron chi connectivity index (χ4n) is 10.2. The summed E-state index contributed by atoms with van der Waals surface area (Å²) >= 11 is 0. The number of rotatable bonds is 14. The van der Waals surface area contributed by atoms with Gasteiger partial charge in [-0.25, -0.2) is 5.01 Å². The van der Waals surface area contributed by atoms with Gasteiger partial charge in [0, 0.05) is 51.0 Å². The van der Waals surface area contributed by atoms with E-state index < -0.39 is 121 Å². The Bertz CT molecular complexity index is 2800. The van der Waals surface area contributed by atoms with Gasteiger partial charge in [0.15, 0.2) is 0 Å². The molecule has 3 aliphatic rings. The van der Waals surface area contributed by atoms with Gasteiger partial charge in [0.2, 0.25) is 29.5 Å². The highest BCUT2D eigenvalue weighted by Crippen LogP contribution is 2.29. The normalized spacial score (nSPS) is 25.9. The predicted octanol–water partition coefficient (Wildman–Crippen LogP) is 0.750. The number of phenols is 1. The van der Waals surface area contributed by atoms with Crippen molar-refractivity contribution in [1.82, 2.24) is 41.5 Å². The molecule has 3 saturated heterocycles. The molecule has 0 spiro atoms. The monoisotopic (exact) mass is 1110 g/mol. The summed E-state index contributed by atoms with van der Waals surface area (Å²) in [6.45, 7) is 5.97. The van der Waals surface area contributed by atoms with Gasteiger partial charge in [-0.05, 0) is 90.9 Å². The average Bonchev–Trinajstić information content (AvgIpc) is 4.02. The molecular weight excluding hydrogens is 1030 g/mol. The van der Waals surface area contributed by atoms with Gasteiger partial charge < -0.3 is 66.4 Å². The minimum absolute atomic E-state index is 0.0933. The van der Waals surface area contributed by atoms with E-state index >= 15 is 0 Å². The first-order chi connectivity index (χ1) is 38.1. The molecule has 4 aromatic rings. The van der Waals surface area contributed by atoms with Crippen molar-refractivity contribution in [2.24, 2.45) is 5.92 Å². The van der Waals surface area contributed by atoms with Crippen molar-refractivity contribution < 1.29 is 68.9 Å². The second kappa shape index (κ2) is 27.1. The van der Waals surface area contributed by atoms with Crippen LogP contribution < -0.4 is 31.4 Å². The molecule has 4 aromatic carbocycles. The third-order valence-electron chi connectivity index (χ3n) is 14.8. The number of fused-ring (bicyclic) bond motifs is 2. The summed E-state index contributed by atoms with van der Waals surface area (Å²) in [6.07, 6.45) is -5.50. The van der Waals surface area contributed by atoms with Gasteiger partial charge >= 0.3 is 0 Å². The Kier molecular flexibility index (Phi) is 20.4. The molecule has 7 amide bonds. The molecule has 3 heterocycles. The van der Waals surface area contributed by atoms with E-state index in [1.54, 1.807) is 31.2 Å². The van der Waals surface area contributed by atoms with Gasteiger partial charge in [-0.15, -0.1) is 0 Å². The number of amides is 7. The molecule has 0 aliphatic carbocycles. The van der Waals surface area contributed by atoms with Gasteiger partial charge in [0.1, 0.15) is 47.8 Å². The van der Waals surface area contributed by atoms with E-state index in [9.17, 15) is 64.2 Å². The van der Waals surface area contributed by atoms with Gasteiger partial charge in [0.25, 0.3) is 11.8 Å². The number of aliphatic hydroxyl groups excluding tert-OH is 5. The quantitative estimate of drug-likeness (QED) is 0.0777. The Morgan fingerprint density at radius 1 is 0.688 bits per heavy atom. The zero-order valence-electron chi connectivity index (χ0n) is 45.5. The maximum atomic E-state index is 14.5. The van der Waals surface area contributed by atoms with Crippen molar-refractivity contribution in [2.45, 2.75) is 133 Å². The molecule has 12 atom stereocenters. The standard InChI is InChI=1S/C58H74N8O14/c1-6-7-8-27-80-43-23-19-39(20-24-43)37-13-11-36(12-14-37)38-15-17-40(18-16-38)52(73)59-44-25-26-64(5)63-56(77)50-51(72)32(2)30-66(50)58(79)48(34(4)68)61-55(76)49(46(71)28-35-9-21-41(69)22-10-35)62-54(75)45-29-42(70)31-65(45)57(78)47(33(3)67)60-53(44)74/h9-24,32-34,42,44-51,67-72H,6-8,25-31H2,1-5H3,(H,59,73)(H,60,74)(H,61,76)(H,62,75)(H,63,77)/t32-,33+,34+,42+,44-,45-,46+,47-,48-,49-,50-,51-/m0/s1. The number of ether oxygens (including phenoxy) is 1. The Balaban J connectivity index is 1.15. The highest BCUT2D eigenvalue weighted by Gasteiger charge is 2.49. The third kappa shape index (κ3) is 14.8. The number of hydrogen-bond acceptors (Lipinski definition) is 15. The maximum Gasteiger partial charge on any atom is 0.259 e. The molecule has 11 N–H and O–H groups in total. The average molecular weight is 1110 g/mol. The minimum atomic E-state index is -1.92. The van der Waals surface area contributed by atoms with Crippen LogP contribution in [0.3, 0.4) is 0 Å². The first kappa shape index (κ1) is 60.2. The number of aromatic hydroxyl groups is 1. The van der Waals surface area contributed by atoms with Crippen LogP contribution in [0.25, 0.3) is 22.3 Å². The maximum absolute atomic E-state index is 14.5. The molecule has 0 unspecified atom stereocenters. The molecule has 0 aromatic heterocycles. The lowest BCUT2D eigenvalue weighted by Gasteiger charge is -2.33. The molecule has 7 rings (SSSR count). The molecule has 430 valence electrons. The molecule has 0 saturated carbocycles. The number of benzene rings is 4. The Hall–Kier alpha value is -7.47. The van der Waals surface area contributed by atoms with Gasteiger partial charge in [0.05, 0.1) is 37.1 Å². The van der Waals surface area contributed by atoms with Crippen LogP contribution in [0.5, 0.6) is 11.5 Å². The van der Waals surface area contributed by atoms with E-state index in [0.29, 0.717) is 12.2 Å². The molecule has 22 heteroatoms. The first-order valence-corrected chi connectivity index (χ1v) is 27.1. The second-order valence-electron chi connectivity index (χ2n) is 21.1. The molecular formula is C58H74N8O14. The molecule has 3 aliphatic heterocycles. The fraction of sp³-hybridized carbons (Fsp3) is 0.466. The van der Waals surface area contributed by atoms with Crippen molar-refractivity contribution in [1.29, 1.82) is 0 Å². The van der Waals surface area contributed by atoms with E-state index in [2.05, 4.69) is 33.6 Å². The summed E-state index contributed by atoms with van der Waals surface area (Å²) in [5, 5.41) is 77.2. The number of nitrogens with one attached hydrogen (secondary N) is 5. The van der Waals surface area contributed by atoms with Gasteiger partial charge in [-0.1, -0.05) is 87.4 Å². The summed E-state index contributed by atoms with van der Waals surface area (Å²) < 4.78 is 5.86.